The first-order chi connectivity index (χ1) is 32.7. The minimum atomic E-state index is 1.09. The normalized spacial score (nSPS) is 11.6. The van der Waals surface area contributed by atoms with Gasteiger partial charge in [0.1, 0.15) is 0 Å². The number of fused-ring (bicyclic) bond motifs is 9. The molecule has 0 bridgehead atoms. The van der Waals surface area contributed by atoms with Gasteiger partial charge in [0.15, 0.2) is 0 Å². The lowest BCUT2D eigenvalue weighted by Gasteiger charge is -2.27. The Morgan fingerprint density at radius 2 is 0.818 bits per heavy atom. The lowest BCUT2D eigenvalue weighted by molar-refractivity contribution is 1.18. The Kier molecular flexibility index (Phi) is 8.89. The molecule has 0 saturated carbocycles. The molecule has 2 nitrogen and oxygen atoms in total. The largest absolute Gasteiger partial charge is 0.310 e. The maximum Gasteiger partial charge on any atom is 0.0547 e. The molecule has 0 N–H and O–H groups in total. The summed E-state index contributed by atoms with van der Waals surface area (Å²) < 4.78 is 2.39. The molecule has 13 aromatic rings. The third-order valence-corrected chi connectivity index (χ3v) is 13.5. The molecule has 12 aromatic carbocycles. The van der Waals surface area contributed by atoms with Crippen LogP contribution in [0.4, 0.5) is 17.1 Å². The van der Waals surface area contributed by atoms with Crippen molar-refractivity contribution < 1.29 is 0 Å². The second-order valence-electron chi connectivity index (χ2n) is 17.3. The number of rotatable bonds is 7. The molecule has 0 unspecified atom stereocenters. The molecule has 2 heteroatoms. The van der Waals surface area contributed by atoms with E-state index in [9.17, 15) is 0 Å². The van der Waals surface area contributed by atoms with Crippen LogP contribution in [0.2, 0.25) is 0 Å². The van der Waals surface area contributed by atoms with E-state index in [0.29, 0.717) is 0 Å². The molecule has 0 amide bonds. The molecular formula is C64H42N2. The van der Waals surface area contributed by atoms with Gasteiger partial charge in [-0.15, -0.1) is 0 Å². The Hall–Kier alpha value is -8.72. The SMILES string of the molecule is c1ccc(-n2c3ccccc3c3c(-c4cccc(-c5cccc(N(c6ccc(-c7cc8ccccc8c8ccccc78)cc6)c6ccc7c(ccc8ccccc87)c6)c5)c4)cccc32)cc1. The fraction of sp³-hybridized carbons (Fsp3) is 0. The first kappa shape index (κ1) is 37.8. The van der Waals surface area contributed by atoms with Crippen LogP contribution in [0.3, 0.4) is 0 Å². The summed E-state index contributed by atoms with van der Waals surface area (Å²) >= 11 is 0. The maximum atomic E-state index is 2.41. The Labute approximate surface area is 383 Å². The molecule has 0 saturated heterocycles. The van der Waals surface area contributed by atoms with E-state index in [1.165, 1.54) is 92.7 Å². The molecule has 13 rings (SSSR count). The summed E-state index contributed by atoms with van der Waals surface area (Å²) in [6.07, 6.45) is 0. The quantitative estimate of drug-likeness (QED) is 0.145. The summed E-state index contributed by atoms with van der Waals surface area (Å²) in [6.45, 7) is 0. The Bertz CT molecular complexity index is 3990. The number of anilines is 3. The highest BCUT2D eigenvalue weighted by Crippen LogP contribution is 2.43. The monoisotopic (exact) mass is 838 g/mol. The average Bonchev–Trinajstić information content (AvgIpc) is 3.74. The summed E-state index contributed by atoms with van der Waals surface area (Å²) in [5, 5.41) is 12.6. The fourth-order valence-corrected chi connectivity index (χ4v) is 10.5. The highest BCUT2D eigenvalue weighted by Gasteiger charge is 2.19. The van der Waals surface area contributed by atoms with Crippen molar-refractivity contribution in [2.45, 2.75) is 0 Å². The number of hydrogen-bond donors (Lipinski definition) is 0. The van der Waals surface area contributed by atoms with E-state index in [4.69, 9.17) is 0 Å². The third-order valence-electron chi connectivity index (χ3n) is 13.5. The molecular weight excluding hydrogens is 797 g/mol. The van der Waals surface area contributed by atoms with Crippen molar-refractivity contribution in [2.75, 3.05) is 4.90 Å². The summed E-state index contributed by atoms with van der Waals surface area (Å²) in [6, 6.07) is 93.3. The zero-order valence-corrected chi connectivity index (χ0v) is 36.1. The van der Waals surface area contributed by atoms with Crippen molar-refractivity contribution in [1.82, 2.24) is 4.57 Å². The van der Waals surface area contributed by atoms with Crippen molar-refractivity contribution >= 4 is 82.0 Å². The van der Waals surface area contributed by atoms with Crippen molar-refractivity contribution in [3.05, 3.63) is 255 Å². The third kappa shape index (κ3) is 6.26. The van der Waals surface area contributed by atoms with Gasteiger partial charge in [-0.05, 0) is 149 Å². The molecule has 1 heterocycles. The zero-order valence-electron chi connectivity index (χ0n) is 36.1. The van der Waals surface area contributed by atoms with E-state index in [0.717, 1.165) is 28.3 Å². The minimum Gasteiger partial charge on any atom is -0.310 e. The van der Waals surface area contributed by atoms with Crippen LogP contribution in [0.5, 0.6) is 0 Å². The zero-order chi connectivity index (χ0) is 43.6. The first-order valence-corrected chi connectivity index (χ1v) is 22.7. The van der Waals surface area contributed by atoms with Crippen LogP contribution in [0.1, 0.15) is 0 Å². The summed E-state index contributed by atoms with van der Waals surface area (Å²) in [5.41, 5.74) is 14.0. The second kappa shape index (κ2) is 15.5. The van der Waals surface area contributed by atoms with Gasteiger partial charge >= 0.3 is 0 Å². The molecule has 0 fully saturated rings. The molecule has 66 heavy (non-hydrogen) atoms. The Balaban J connectivity index is 0.940. The number of aromatic nitrogens is 1. The van der Waals surface area contributed by atoms with Crippen LogP contribution >= 0.6 is 0 Å². The van der Waals surface area contributed by atoms with Crippen LogP contribution in [-0.2, 0) is 0 Å². The molecule has 0 aliphatic carbocycles. The number of para-hydroxylation sites is 2. The minimum absolute atomic E-state index is 1.09. The van der Waals surface area contributed by atoms with Gasteiger partial charge in [-0.3, -0.25) is 0 Å². The molecule has 0 radical (unpaired) electrons. The van der Waals surface area contributed by atoms with Crippen LogP contribution < -0.4 is 4.90 Å². The molecule has 0 atom stereocenters. The predicted molar refractivity (Wildman–Crippen MR) is 282 cm³/mol. The summed E-state index contributed by atoms with van der Waals surface area (Å²) in [5.74, 6) is 0. The Morgan fingerprint density at radius 1 is 0.258 bits per heavy atom. The lowest BCUT2D eigenvalue weighted by Crippen LogP contribution is -2.10. The topological polar surface area (TPSA) is 8.17 Å². The summed E-state index contributed by atoms with van der Waals surface area (Å²) in [7, 11) is 0. The van der Waals surface area contributed by atoms with Gasteiger partial charge in [0.2, 0.25) is 0 Å². The number of hydrogen-bond acceptors (Lipinski definition) is 1. The molecule has 0 spiro atoms. The van der Waals surface area contributed by atoms with Gasteiger partial charge in [0.25, 0.3) is 0 Å². The highest BCUT2D eigenvalue weighted by molar-refractivity contribution is 6.16. The second-order valence-corrected chi connectivity index (χ2v) is 17.3. The predicted octanol–water partition coefficient (Wildman–Crippen LogP) is 17.9. The number of nitrogens with zero attached hydrogens (tertiary/aromatic N) is 2. The van der Waals surface area contributed by atoms with Gasteiger partial charge in [-0.2, -0.15) is 0 Å². The average molecular weight is 839 g/mol. The van der Waals surface area contributed by atoms with Gasteiger partial charge in [-0.1, -0.05) is 182 Å². The van der Waals surface area contributed by atoms with Gasteiger partial charge in [-0.25, -0.2) is 0 Å². The lowest BCUT2D eigenvalue weighted by atomic mass is 9.93. The fourth-order valence-electron chi connectivity index (χ4n) is 10.5. The smallest absolute Gasteiger partial charge is 0.0547 e. The van der Waals surface area contributed by atoms with Crippen molar-refractivity contribution in [2.24, 2.45) is 0 Å². The van der Waals surface area contributed by atoms with E-state index in [-0.39, 0.29) is 0 Å². The van der Waals surface area contributed by atoms with E-state index in [1.807, 2.05) is 0 Å². The van der Waals surface area contributed by atoms with E-state index >= 15 is 0 Å². The van der Waals surface area contributed by atoms with Crippen molar-refractivity contribution in [1.29, 1.82) is 0 Å². The number of benzene rings is 12. The Morgan fingerprint density at radius 3 is 1.65 bits per heavy atom. The standard InChI is InChI=1S/C64H42N2/c1-2-20-50(21-3-1)66-62-29-11-10-27-60(62)64-57(28-14-30-63(64)66)47-19-12-17-45(39-47)46-18-13-22-52(40-46)65(53-37-38-56-49(41-53)32-31-43-15-4-6-23-54(43)56)51-35-33-44(34-36-51)61-42-48-16-5-7-24-55(48)58-25-8-9-26-59(58)61/h1-42H. The maximum absolute atomic E-state index is 2.41. The van der Waals surface area contributed by atoms with Crippen molar-refractivity contribution in [3.8, 4) is 39.1 Å². The van der Waals surface area contributed by atoms with Gasteiger partial charge < -0.3 is 9.47 Å². The molecule has 0 aliphatic rings. The first-order valence-electron chi connectivity index (χ1n) is 22.7. The van der Waals surface area contributed by atoms with Crippen LogP contribution in [0.15, 0.2) is 255 Å². The highest BCUT2D eigenvalue weighted by atomic mass is 15.1. The summed E-state index contributed by atoms with van der Waals surface area (Å²) in [4.78, 5) is 2.41. The van der Waals surface area contributed by atoms with Crippen LogP contribution in [0.25, 0.3) is 104 Å². The molecule has 1 aromatic heterocycles. The van der Waals surface area contributed by atoms with Crippen LogP contribution in [-0.4, -0.2) is 4.57 Å². The van der Waals surface area contributed by atoms with Gasteiger partial charge in [0, 0.05) is 33.5 Å². The van der Waals surface area contributed by atoms with E-state index in [2.05, 4.69) is 264 Å². The van der Waals surface area contributed by atoms with Crippen LogP contribution in [0, 0.1) is 0 Å². The van der Waals surface area contributed by atoms with Gasteiger partial charge in [0.05, 0.1) is 11.0 Å². The molecule has 308 valence electrons. The van der Waals surface area contributed by atoms with E-state index in [1.54, 1.807) is 0 Å². The van der Waals surface area contributed by atoms with Crippen molar-refractivity contribution in [3.63, 3.8) is 0 Å². The van der Waals surface area contributed by atoms with E-state index < -0.39 is 0 Å². The molecule has 0 aliphatic heterocycles.